The fraction of sp³-hybridized carbons (Fsp3) is 0.533. The Morgan fingerprint density at radius 1 is 1.30 bits per heavy atom. The van der Waals surface area contributed by atoms with Crippen molar-refractivity contribution >= 4 is 27.5 Å². The van der Waals surface area contributed by atoms with E-state index < -0.39 is 0 Å². The lowest BCUT2D eigenvalue weighted by Gasteiger charge is -2.34. The number of carbonyl (C=O) groups is 1. The summed E-state index contributed by atoms with van der Waals surface area (Å²) in [7, 11) is 0. The molecule has 0 radical (unpaired) electrons. The number of nitrogens with zero attached hydrogens (tertiary/aromatic N) is 2. The smallest absolute Gasteiger partial charge is 0.241 e. The number of piperazine rings is 1. The summed E-state index contributed by atoms with van der Waals surface area (Å²) in [5.74, 6) is 0.178. The first-order chi connectivity index (χ1) is 9.60. The zero-order valence-corrected chi connectivity index (χ0v) is 13.7. The number of hydrogen-bond donors (Lipinski definition) is 1. The molecule has 110 valence electrons. The summed E-state index contributed by atoms with van der Waals surface area (Å²) in [5.41, 5.74) is 2.17. The van der Waals surface area contributed by atoms with Crippen LogP contribution in [0.3, 0.4) is 0 Å². The molecular weight excluding hydrogens is 318 g/mol. The van der Waals surface area contributed by atoms with Crippen LogP contribution in [-0.4, -0.2) is 55.0 Å². The highest BCUT2D eigenvalue weighted by Gasteiger charge is 2.19. The SMILES string of the molecule is CCN1CCN(C(=O)CNc2ccc(C)c(Br)c2)CC1. The molecule has 1 amide bonds. The van der Waals surface area contributed by atoms with Crippen molar-refractivity contribution in [3.05, 3.63) is 28.2 Å². The van der Waals surface area contributed by atoms with E-state index in [0.29, 0.717) is 6.54 Å². The number of anilines is 1. The Morgan fingerprint density at radius 3 is 2.60 bits per heavy atom. The van der Waals surface area contributed by atoms with Gasteiger partial charge in [-0.15, -0.1) is 0 Å². The van der Waals surface area contributed by atoms with Crippen LogP contribution in [0.15, 0.2) is 22.7 Å². The molecule has 1 saturated heterocycles. The summed E-state index contributed by atoms with van der Waals surface area (Å²) in [6.45, 7) is 9.29. The van der Waals surface area contributed by atoms with Crippen LogP contribution in [0.25, 0.3) is 0 Å². The molecule has 1 aliphatic heterocycles. The predicted octanol–water partition coefficient (Wildman–Crippen LogP) is 2.33. The summed E-state index contributed by atoms with van der Waals surface area (Å²) < 4.78 is 1.06. The van der Waals surface area contributed by atoms with Crippen molar-refractivity contribution < 1.29 is 4.79 Å². The van der Waals surface area contributed by atoms with Crippen LogP contribution in [0.4, 0.5) is 5.69 Å². The number of hydrogen-bond acceptors (Lipinski definition) is 3. The second-order valence-corrected chi connectivity index (χ2v) is 5.99. The first kappa shape index (κ1) is 15.3. The molecule has 20 heavy (non-hydrogen) atoms. The number of nitrogens with one attached hydrogen (secondary N) is 1. The molecule has 1 aliphatic rings. The highest BCUT2D eigenvalue weighted by molar-refractivity contribution is 9.10. The van der Waals surface area contributed by atoms with Crippen molar-refractivity contribution in [3.8, 4) is 0 Å². The molecular formula is C15H22BrN3O. The lowest BCUT2D eigenvalue weighted by Crippen LogP contribution is -2.49. The Bertz CT molecular complexity index is 470. The van der Waals surface area contributed by atoms with Crippen LogP contribution < -0.4 is 5.32 Å². The highest BCUT2D eigenvalue weighted by atomic mass is 79.9. The van der Waals surface area contributed by atoms with E-state index in [1.165, 1.54) is 5.56 Å². The van der Waals surface area contributed by atoms with Crippen LogP contribution in [0.2, 0.25) is 0 Å². The Morgan fingerprint density at radius 2 is 2.00 bits per heavy atom. The van der Waals surface area contributed by atoms with Gasteiger partial charge >= 0.3 is 0 Å². The average Bonchev–Trinajstić information content (AvgIpc) is 2.48. The minimum absolute atomic E-state index is 0.178. The standard InChI is InChI=1S/C15H22BrN3O/c1-3-18-6-8-19(9-7-18)15(20)11-17-13-5-4-12(2)14(16)10-13/h4-5,10,17H,3,6-9,11H2,1-2H3. The summed E-state index contributed by atoms with van der Waals surface area (Å²) >= 11 is 3.50. The topological polar surface area (TPSA) is 35.6 Å². The van der Waals surface area contributed by atoms with Crippen LogP contribution in [-0.2, 0) is 4.79 Å². The molecule has 0 atom stereocenters. The van der Waals surface area contributed by atoms with Gasteiger partial charge in [-0.1, -0.05) is 28.9 Å². The molecule has 1 aromatic carbocycles. The van der Waals surface area contributed by atoms with Crippen molar-refractivity contribution in [1.82, 2.24) is 9.80 Å². The Kier molecular flexibility index (Phi) is 5.43. The van der Waals surface area contributed by atoms with Gasteiger partial charge in [-0.05, 0) is 31.2 Å². The summed E-state index contributed by atoms with van der Waals surface area (Å²) in [6.07, 6.45) is 0. The normalized spacial score (nSPS) is 16.2. The summed E-state index contributed by atoms with van der Waals surface area (Å²) in [4.78, 5) is 16.5. The first-order valence-corrected chi connectivity index (χ1v) is 7.89. The molecule has 5 heteroatoms. The average molecular weight is 340 g/mol. The Hall–Kier alpha value is -1.07. The molecule has 0 aliphatic carbocycles. The van der Waals surface area contributed by atoms with Crippen LogP contribution >= 0.6 is 15.9 Å². The molecule has 0 spiro atoms. The van der Waals surface area contributed by atoms with Gasteiger partial charge in [0.1, 0.15) is 0 Å². The molecule has 1 heterocycles. The largest absolute Gasteiger partial charge is 0.376 e. The minimum atomic E-state index is 0.178. The number of aryl methyl sites for hydroxylation is 1. The van der Waals surface area contributed by atoms with Crippen LogP contribution in [0.5, 0.6) is 0 Å². The summed E-state index contributed by atoms with van der Waals surface area (Å²) in [6, 6.07) is 6.05. The van der Waals surface area contributed by atoms with Crippen LogP contribution in [0, 0.1) is 6.92 Å². The van der Waals surface area contributed by atoms with Gasteiger partial charge in [0.25, 0.3) is 0 Å². The number of rotatable bonds is 4. The quantitative estimate of drug-likeness (QED) is 0.914. The van der Waals surface area contributed by atoms with Gasteiger partial charge < -0.3 is 15.1 Å². The molecule has 1 fully saturated rings. The van der Waals surface area contributed by atoms with E-state index in [0.717, 1.165) is 42.9 Å². The van der Waals surface area contributed by atoms with E-state index in [4.69, 9.17) is 0 Å². The van der Waals surface area contributed by atoms with E-state index in [2.05, 4.69) is 33.1 Å². The predicted molar refractivity (Wildman–Crippen MR) is 86.1 cm³/mol. The molecule has 1 N–H and O–H groups in total. The Labute approximate surface area is 129 Å². The van der Waals surface area contributed by atoms with Crippen LogP contribution in [0.1, 0.15) is 12.5 Å². The van der Waals surface area contributed by atoms with Gasteiger partial charge in [0.2, 0.25) is 5.91 Å². The van der Waals surface area contributed by atoms with Gasteiger partial charge in [-0.2, -0.15) is 0 Å². The molecule has 4 nitrogen and oxygen atoms in total. The zero-order chi connectivity index (χ0) is 14.5. The van der Waals surface area contributed by atoms with E-state index >= 15 is 0 Å². The summed E-state index contributed by atoms with van der Waals surface area (Å²) in [5, 5.41) is 3.20. The third-order valence-corrected chi connectivity index (χ3v) is 4.64. The molecule has 0 aromatic heterocycles. The van der Waals surface area contributed by atoms with Crippen molar-refractivity contribution in [3.63, 3.8) is 0 Å². The minimum Gasteiger partial charge on any atom is -0.376 e. The third-order valence-electron chi connectivity index (χ3n) is 3.79. The molecule has 1 aromatic rings. The fourth-order valence-corrected chi connectivity index (χ4v) is 2.68. The lowest BCUT2D eigenvalue weighted by molar-refractivity contribution is -0.131. The van der Waals surface area contributed by atoms with Gasteiger partial charge in [0.05, 0.1) is 6.54 Å². The maximum Gasteiger partial charge on any atom is 0.241 e. The van der Waals surface area contributed by atoms with Gasteiger partial charge in [-0.25, -0.2) is 0 Å². The Balaban J connectivity index is 1.81. The molecule has 0 unspecified atom stereocenters. The maximum atomic E-state index is 12.2. The second-order valence-electron chi connectivity index (χ2n) is 5.13. The number of carbonyl (C=O) groups excluding carboxylic acids is 1. The fourth-order valence-electron chi connectivity index (χ4n) is 2.31. The molecule has 2 rings (SSSR count). The first-order valence-electron chi connectivity index (χ1n) is 7.10. The number of likely N-dealkylation sites (N-methyl/N-ethyl adjacent to an activating group) is 1. The lowest BCUT2D eigenvalue weighted by atomic mass is 10.2. The molecule has 0 bridgehead atoms. The van der Waals surface area contributed by atoms with E-state index in [1.54, 1.807) is 0 Å². The van der Waals surface area contributed by atoms with E-state index in [-0.39, 0.29) is 5.91 Å². The number of benzene rings is 1. The molecule has 0 saturated carbocycles. The number of halogens is 1. The zero-order valence-electron chi connectivity index (χ0n) is 12.2. The van der Waals surface area contributed by atoms with E-state index in [1.807, 2.05) is 30.0 Å². The number of amides is 1. The maximum absolute atomic E-state index is 12.2. The monoisotopic (exact) mass is 339 g/mol. The van der Waals surface area contributed by atoms with E-state index in [9.17, 15) is 4.79 Å². The second kappa shape index (κ2) is 7.09. The van der Waals surface area contributed by atoms with Crippen molar-refractivity contribution in [1.29, 1.82) is 0 Å². The van der Waals surface area contributed by atoms with Crippen molar-refractivity contribution in [2.24, 2.45) is 0 Å². The van der Waals surface area contributed by atoms with Crippen molar-refractivity contribution in [2.75, 3.05) is 44.6 Å². The van der Waals surface area contributed by atoms with Gasteiger partial charge in [0, 0.05) is 36.3 Å². The third kappa shape index (κ3) is 3.96. The van der Waals surface area contributed by atoms with Crippen molar-refractivity contribution in [2.45, 2.75) is 13.8 Å². The highest BCUT2D eigenvalue weighted by Crippen LogP contribution is 2.20. The van der Waals surface area contributed by atoms with Gasteiger partial charge in [0.15, 0.2) is 0 Å². The van der Waals surface area contributed by atoms with Gasteiger partial charge in [-0.3, -0.25) is 4.79 Å².